The molecule has 0 atom stereocenters. The molecule has 3 nitrogen and oxygen atoms in total. The van der Waals surface area contributed by atoms with Crippen molar-refractivity contribution >= 4 is 10.1 Å². The maximum absolute atomic E-state index is 12.3. The van der Waals surface area contributed by atoms with Crippen LogP contribution >= 0.6 is 0 Å². The summed E-state index contributed by atoms with van der Waals surface area (Å²) in [6, 6.07) is 5.73. The predicted molar refractivity (Wildman–Crippen MR) is 66.4 cm³/mol. The summed E-state index contributed by atoms with van der Waals surface area (Å²) in [5, 5.41) is 0. The molecule has 0 saturated heterocycles. The third kappa shape index (κ3) is 3.29. The lowest BCUT2D eigenvalue weighted by Gasteiger charge is -2.21. The molecule has 1 saturated carbocycles. The molecule has 0 N–H and O–H groups in total. The summed E-state index contributed by atoms with van der Waals surface area (Å²) in [4.78, 5) is 0.102. The van der Waals surface area contributed by atoms with Crippen molar-refractivity contribution in [2.24, 2.45) is 0 Å². The molecule has 0 heterocycles. The first kappa shape index (κ1) is 13.5. The Kier molecular flexibility index (Phi) is 4.35. The van der Waals surface area contributed by atoms with E-state index in [2.05, 4.69) is 0 Å². The van der Waals surface area contributed by atoms with Gasteiger partial charge in [-0.1, -0.05) is 31.4 Å². The molecule has 1 aliphatic carbocycles. The number of benzene rings is 1. The second-order valence-corrected chi connectivity index (χ2v) is 6.16. The van der Waals surface area contributed by atoms with E-state index in [-0.39, 0.29) is 11.0 Å². The van der Waals surface area contributed by atoms with Gasteiger partial charge in [0.25, 0.3) is 10.1 Å². The van der Waals surface area contributed by atoms with Crippen LogP contribution in [0.4, 0.5) is 4.39 Å². The zero-order chi connectivity index (χ0) is 13.0. The Morgan fingerprint density at radius 1 is 1.11 bits per heavy atom. The molecule has 0 unspecified atom stereocenters. The molecule has 2 rings (SSSR count). The van der Waals surface area contributed by atoms with Crippen molar-refractivity contribution in [3.05, 3.63) is 29.8 Å². The van der Waals surface area contributed by atoms with Crippen LogP contribution in [0.3, 0.4) is 0 Å². The minimum absolute atomic E-state index is 0.102. The standard InChI is InChI=1S/C13H17FO3S/c14-10-11-6-8-13(9-7-11)18(15,16)17-12-4-2-1-3-5-12/h6-9,12H,1-5,10H2. The largest absolute Gasteiger partial charge is 0.297 e. The first-order valence-corrected chi connectivity index (χ1v) is 7.61. The van der Waals surface area contributed by atoms with Gasteiger partial charge in [0.05, 0.1) is 11.0 Å². The first-order valence-electron chi connectivity index (χ1n) is 6.20. The lowest BCUT2D eigenvalue weighted by Crippen LogP contribution is -2.21. The molecule has 18 heavy (non-hydrogen) atoms. The van der Waals surface area contributed by atoms with Crippen molar-refractivity contribution in [1.82, 2.24) is 0 Å². The molecule has 0 bridgehead atoms. The van der Waals surface area contributed by atoms with Gasteiger partial charge in [-0.15, -0.1) is 0 Å². The van der Waals surface area contributed by atoms with Crippen LogP contribution in [0.5, 0.6) is 0 Å². The van der Waals surface area contributed by atoms with Gasteiger partial charge in [0.15, 0.2) is 0 Å². The van der Waals surface area contributed by atoms with Gasteiger partial charge in [-0.25, -0.2) is 4.39 Å². The highest BCUT2D eigenvalue weighted by Crippen LogP contribution is 2.24. The average Bonchev–Trinajstić information content (AvgIpc) is 2.39. The normalized spacial score (nSPS) is 17.8. The van der Waals surface area contributed by atoms with Crippen molar-refractivity contribution < 1.29 is 17.0 Å². The maximum atomic E-state index is 12.3. The first-order chi connectivity index (χ1) is 8.62. The topological polar surface area (TPSA) is 43.4 Å². The van der Waals surface area contributed by atoms with E-state index in [0.717, 1.165) is 32.1 Å². The fourth-order valence-corrected chi connectivity index (χ4v) is 3.27. The summed E-state index contributed by atoms with van der Waals surface area (Å²) in [6.07, 6.45) is 4.56. The quantitative estimate of drug-likeness (QED) is 0.791. The van der Waals surface area contributed by atoms with Gasteiger partial charge in [-0.05, 0) is 30.5 Å². The van der Waals surface area contributed by atoms with Crippen LogP contribution < -0.4 is 0 Å². The third-order valence-corrected chi connectivity index (χ3v) is 4.56. The summed E-state index contributed by atoms with van der Waals surface area (Å²) >= 11 is 0. The second-order valence-electron chi connectivity index (χ2n) is 4.59. The molecule has 1 aromatic carbocycles. The number of rotatable bonds is 4. The van der Waals surface area contributed by atoms with E-state index < -0.39 is 16.8 Å². The van der Waals surface area contributed by atoms with E-state index in [1.165, 1.54) is 24.3 Å². The van der Waals surface area contributed by atoms with Crippen molar-refractivity contribution in [3.8, 4) is 0 Å². The molecule has 1 aromatic rings. The summed E-state index contributed by atoms with van der Waals surface area (Å²) in [7, 11) is -3.71. The number of hydrogen-bond acceptors (Lipinski definition) is 3. The van der Waals surface area contributed by atoms with Crippen LogP contribution in [0.15, 0.2) is 29.2 Å². The number of halogens is 1. The Labute approximate surface area is 107 Å². The molecule has 0 aromatic heterocycles. The molecule has 0 spiro atoms. The molecule has 1 fully saturated rings. The average molecular weight is 272 g/mol. The van der Waals surface area contributed by atoms with Crippen molar-refractivity contribution in [2.45, 2.75) is 49.8 Å². The molecule has 100 valence electrons. The van der Waals surface area contributed by atoms with E-state index in [0.29, 0.717) is 5.56 Å². The van der Waals surface area contributed by atoms with Gasteiger partial charge in [0, 0.05) is 0 Å². The fourth-order valence-electron chi connectivity index (χ4n) is 2.14. The van der Waals surface area contributed by atoms with E-state index in [4.69, 9.17) is 4.18 Å². The highest BCUT2D eigenvalue weighted by atomic mass is 32.2. The van der Waals surface area contributed by atoms with Crippen molar-refractivity contribution in [2.75, 3.05) is 0 Å². The van der Waals surface area contributed by atoms with Crippen molar-refractivity contribution in [3.63, 3.8) is 0 Å². The summed E-state index contributed by atoms with van der Waals surface area (Å²) in [6.45, 7) is -0.593. The molecule has 5 heteroatoms. The molecular weight excluding hydrogens is 255 g/mol. The Bertz CT molecular complexity index is 475. The highest BCUT2D eigenvalue weighted by Gasteiger charge is 2.23. The van der Waals surface area contributed by atoms with E-state index >= 15 is 0 Å². The zero-order valence-corrected chi connectivity index (χ0v) is 11.0. The summed E-state index contributed by atoms with van der Waals surface area (Å²) < 4.78 is 41.5. The van der Waals surface area contributed by atoms with E-state index in [1.807, 2.05) is 0 Å². The monoisotopic (exact) mass is 272 g/mol. The van der Waals surface area contributed by atoms with Crippen LogP contribution in [0.1, 0.15) is 37.7 Å². The molecule has 0 radical (unpaired) electrons. The lowest BCUT2D eigenvalue weighted by molar-refractivity contribution is 0.162. The predicted octanol–water partition coefficient (Wildman–Crippen LogP) is 3.19. The molecule has 0 aliphatic heterocycles. The molecule has 0 amide bonds. The molecular formula is C13H17FO3S. The molecule has 1 aliphatic rings. The van der Waals surface area contributed by atoms with Gasteiger partial charge in [-0.3, -0.25) is 4.18 Å². The van der Waals surface area contributed by atoms with Gasteiger partial charge in [-0.2, -0.15) is 8.42 Å². The fraction of sp³-hybridized carbons (Fsp3) is 0.538. The van der Waals surface area contributed by atoms with Gasteiger partial charge < -0.3 is 0 Å². The minimum Gasteiger partial charge on any atom is -0.263 e. The Balaban J connectivity index is 2.08. The van der Waals surface area contributed by atoms with Crippen LogP contribution in [-0.2, 0) is 21.0 Å². The van der Waals surface area contributed by atoms with Gasteiger partial charge in [0.2, 0.25) is 0 Å². The minimum atomic E-state index is -3.71. The Morgan fingerprint density at radius 2 is 1.72 bits per heavy atom. The lowest BCUT2D eigenvalue weighted by atomic mass is 9.98. The number of alkyl halides is 1. The van der Waals surface area contributed by atoms with Crippen molar-refractivity contribution in [1.29, 1.82) is 0 Å². The third-order valence-electron chi connectivity index (χ3n) is 3.18. The smallest absolute Gasteiger partial charge is 0.263 e. The zero-order valence-electron chi connectivity index (χ0n) is 10.1. The van der Waals surface area contributed by atoms with Crippen LogP contribution in [-0.4, -0.2) is 14.5 Å². The van der Waals surface area contributed by atoms with Gasteiger partial charge >= 0.3 is 0 Å². The number of hydrogen-bond donors (Lipinski definition) is 0. The highest BCUT2D eigenvalue weighted by molar-refractivity contribution is 7.86. The maximum Gasteiger partial charge on any atom is 0.297 e. The van der Waals surface area contributed by atoms with E-state index in [9.17, 15) is 12.8 Å². The summed E-state index contributed by atoms with van der Waals surface area (Å²) in [5.41, 5.74) is 0.464. The summed E-state index contributed by atoms with van der Waals surface area (Å²) in [5.74, 6) is 0. The van der Waals surface area contributed by atoms with Crippen LogP contribution in [0, 0.1) is 0 Å². The SMILES string of the molecule is O=S(=O)(OC1CCCCC1)c1ccc(CF)cc1. The Morgan fingerprint density at radius 3 is 2.28 bits per heavy atom. The van der Waals surface area contributed by atoms with E-state index in [1.54, 1.807) is 0 Å². The Hall–Kier alpha value is -0.940. The van der Waals surface area contributed by atoms with Gasteiger partial charge in [0.1, 0.15) is 6.67 Å². The second kappa shape index (κ2) is 5.80. The van der Waals surface area contributed by atoms with Crippen LogP contribution in [0.2, 0.25) is 0 Å². The van der Waals surface area contributed by atoms with Crippen LogP contribution in [0.25, 0.3) is 0 Å².